The quantitative estimate of drug-likeness (QED) is 0.0173. The number of carbonyl (C=O) groups is 6. The first kappa shape index (κ1) is 52.1. The van der Waals surface area contributed by atoms with E-state index in [1.807, 2.05) is 0 Å². The number of aliphatic carboxylic acids is 1. The Labute approximate surface area is 369 Å². The maximum absolute atomic E-state index is 13.7. The van der Waals surface area contributed by atoms with Gasteiger partial charge in [-0.2, -0.15) is 0 Å². The molecule has 4 unspecified atom stereocenters. The molecule has 3 rings (SSSR count). The molecule has 0 bridgehead atoms. The summed E-state index contributed by atoms with van der Waals surface area (Å²) >= 11 is 0. The molecule has 2 fully saturated rings. The van der Waals surface area contributed by atoms with Crippen molar-refractivity contribution >= 4 is 35.4 Å². The first-order chi connectivity index (χ1) is 29.9. The minimum atomic E-state index is -1.98. The number of hydrogen-bond donors (Lipinski definition) is 6. The fourth-order valence-electron chi connectivity index (χ4n) is 8.43. The third-order valence-corrected chi connectivity index (χ3v) is 12.4. The smallest absolute Gasteiger partial charge is 0.329 e. The monoisotopic (exact) mass is 872 g/mol. The molecular weight excluding hydrogens is 795 g/mol. The van der Waals surface area contributed by atoms with Gasteiger partial charge >= 0.3 is 5.97 Å². The van der Waals surface area contributed by atoms with Gasteiger partial charge in [-0.15, -0.1) is 0 Å². The van der Waals surface area contributed by atoms with Gasteiger partial charge in [0.05, 0.1) is 5.57 Å². The second kappa shape index (κ2) is 29.2. The summed E-state index contributed by atoms with van der Waals surface area (Å²) in [4.78, 5) is 77.9. The summed E-state index contributed by atoms with van der Waals surface area (Å²) in [6.07, 6.45) is 30.1. The summed E-state index contributed by atoms with van der Waals surface area (Å²) in [5, 5.41) is 40.7. The number of nitrogens with zero attached hydrogens (tertiary/aromatic N) is 2. The molecular formula is C47H77N5O10. The number of unbranched alkanes of at least 4 members (excludes halogenated alkanes) is 18. The third-order valence-electron chi connectivity index (χ3n) is 12.4. The lowest BCUT2D eigenvalue weighted by atomic mass is 9.78. The molecule has 2 aliphatic heterocycles. The number of hydrogen-bond acceptors (Lipinski definition) is 10. The molecule has 15 nitrogen and oxygen atoms in total. The number of carboxylic acid groups (broad SMARTS) is 1. The van der Waals surface area contributed by atoms with Crippen molar-refractivity contribution in [2.45, 2.75) is 198 Å². The number of nitrogens with one attached hydrogen (secondary N) is 3. The summed E-state index contributed by atoms with van der Waals surface area (Å²) in [7, 11) is 0. The number of allylic oxidation sites excluding steroid dienone is 5. The van der Waals surface area contributed by atoms with Crippen LogP contribution in [0.3, 0.4) is 0 Å². The van der Waals surface area contributed by atoms with Gasteiger partial charge < -0.3 is 25.8 Å². The van der Waals surface area contributed by atoms with Crippen LogP contribution >= 0.6 is 0 Å². The Morgan fingerprint density at radius 3 is 2.02 bits per heavy atom. The molecule has 62 heavy (non-hydrogen) atoms. The number of rotatable bonds is 31. The Morgan fingerprint density at radius 2 is 1.44 bits per heavy atom. The first-order valence-electron chi connectivity index (χ1n) is 23.8. The van der Waals surface area contributed by atoms with Crippen LogP contribution in [0.2, 0.25) is 0 Å². The molecule has 4 amide bonds. The third kappa shape index (κ3) is 18.2. The largest absolute Gasteiger partial charge is 0.479 e. The molecule has 350 valence electrons. The van der Waals surface area contributed by atoms with E-state index in [0.717, 1.165) is 19.3 Å². The molecule has 0 saturated carbocycles. The van der Waals surface area contributed by atoms with Gasteiger partial charge in [-0.1, -0.05) is 135 Å². The lowest BCUT2D eigenvalue weighted by Crippen LogP contribution is -2.62. The van der Waals surface area contributed by atoms with E-state index in [1.165, 1.54) is 103 Å². The molecule has 6 N–H and O–H groups in total. The van der Waals surface area contributed by atoms with Crippen LogP contribution in [0.5, 0.6) is 0 Å². The zero-order valence-corrected chi connectivity index (χ0v) is 37.6. The van der Waals surface area contributed by atoms with Crippen molar-refractivity contribution in [3.05, 3.63) is 35.8 Å². The van der Waals surface area contributed by atoms with E-state index in [1.54, 1.807) is 18.2 Å². The molecule has 2 saturated heterocycles. The molecule has 3 aliphatic rings. The summed E-state index contributed by atoms with van der Waals surface area (Å²) in [6.45, 7) is 3.70. The first-order valence-corrected chi connectivity index (χ1v) is 23.8. The van der Waals surface area contributed by atoms with Gasteiger partial charge in [0, 0.05) is 25.9 Å². The summed E-state index contributed by atoms with van der Waals surface area (Å²) in [6, 6.07) is -2.02. The average Bonchev–Trinajstić information content (AvgIpc) is 3.69. The topological polar surface area (TPSA) is 215 Å². The Morgan fingerprint density at radius 1 is 0.855 bits per heavy atom. The van der Waals surface area contributed by atoms with Crippen LogP contribution in [-0.4, -0.2) is 98.3 Å². The zero-order chi connectivity index (χ0) is 45.2. The van der Waals surface area contributed by atoms with E-state index in [4.69, 9.17) is 4.74 Å². The van der Waals surface area contributed by atoms with Crippen LogP contribution < -0.4 is 16.0 Å². The molecule has 0 aromatic carbocycles. The van der Waals surface area contributed by atoms with Crippen LogP contribution in [0.25, 0.3) is 0 Å². The molecule has 0 spiro atoms. The van der Waals surface area contributed by atoms with Crippen molar-refractivity contribution < 1.29 is 49.0 Å². The minimum absolute atomic E-state index is 0.0389. The van der Waals surface area contributed by atoms with Crippen LogP contribution in [0.1, 0.15) is 181 Å². The molecule has 0 radical (unpaired) electrons. The zero-order valence-electron chi connectivity index (χ0n) is 37.6. The number of amides is 4. The molecule has 0 aromatic heterocycles. The van der Waals surface area contributed by atoms with Crippen LogP contribution in [-0.2, 0) is 33.5 Å². The van der Waals surface area contributed by atoms with E-state index in [9.17, 15) is 44.3 Å². The summed E-state index contributed by atoms with van der Waals surface area (Å²) in [5.74, 6) is -5.02. The predicted octanol–water partition coefficient (Wildman–Crippen LogP) is 7.55. The fourth-order valence-corrected chi connectivity index (χ4v) is 8.43. The van der Waals surface area contributed by atoms with Gasteiger partial charge in [0.25, 0.3) is 5.91 Å². The van der Waals surface area contributed by atoms with Crippen molar-refractivity contribution in [2.24, 2.45) is 5.92 Å². The normalized spacial score (nSPS) is 20.2. The second-order valence-corrected chi connectivity index (χ2v) is 17.5. The number of carbonyl (C=O) groups excluding carboxylic acids is 5. The van der Waals surface area contributed by atoms with Gasteiger partial charge in [0.1, 0.15) is 24.2 Å². The number of ketones is 1. The van der Waals surface area contributed by atoms with E-state index in [2.05, 4.69) is 22.9 Å². The van der Waals surface area contributed by atoms with Crippen LogP contribution in [0, 0.1) is 5.92 Å². The molecule has 15 heteroatoms. The highest BCUT2D eigenvalue weighted by Gasteiger charge is 2.47. The standard InChI is InChI=1S/C47H77N5O10/c1-3-4-5-6-7-8-9-10-11-12-13-14-15-16-17-18-19-20-30-42(55)51(60)32-26-24-31-47(46(58)59,36(2)34-41(54)48-38-28-23-25-33-52(61)45(38)57)50-43(56)39-35-62-44(49-39)37-27-21-22-29-40(37)53/h21-22,27,29,36,38-39,49,60-61H,3-20,23-26,28,30-35H2,1-2H3,(H,48,54)(H,50,56)(H,58,59). The fraction of sp³-hybridized carbons (Fsp3) is 0.745. The maximum Gasteiger partial charge on any atom is 0.329 e. The van der Waals surface area contributed by atoms with Crippen molar-refractivity contribution in [1.29, 1.82) is 0 Å². The highest BCUT2D eigenvalue weighted by Crippen LogP contribution is 2.29. The van der Waals surface area contributed by atoms with Gasteiger partial charge in [-0.25, -0.2) is 14.9 Å². The van der Waals surface area contributed by atoms with Crippen molar-refractivity contribution in [3.63, 3.8) is 0 Å². The highest BCUT2D eigenvalue weighted by atomic mass is 16.5. The van der Waals surface area contributed by atoms with Gasteiger partial charge in [0.2, 0.25) is 17.7 Å². The van der Waals surface area contributed by atoms with Crippen molar-refractivity contribution in [1.82, 2.24) is 26.1 Å². The molecule has 0 aromatic rings. The minimum Gasteiger partial charge on any atom is -0.479 e. The van der Waals surface area contributed by atoms with Gasteiger partial charge in [0.15, 0.2) is 11.7 Å². The molecule has 4 atom stereocenters. The van der Waals surface area contributed by atoms with E-state index in [0.29, 0.717) is 35.8 Å². The summed E-state index contributed by atoms with van der Waals surface area (Å²) in [5.41, 5.74) is -1.77. The van der Waals surface area contributed by atoms with E-state index >= 15 is 0 Å². The van der Waals surface area contributed by atoms with Crippen LogP contribution in [0.4, 0.5) is 0 Å². The average molecular weight is 872 g/mol. The highest BCUT2D eigenvalue weighted by molar-refractivity contribution is 6.07. The number of carboxylic acids is 1. The number of ether oxygens (including phenoxy) is 1. The van der Waals surface area contributed by atoms with Gasteiger partial charge in [-0.05, 0) is 63.0 Å². The SMILES string of the molecule is CCCCCCCCCCCCCCCCCCCCC(=O)N(O)CCCCC(NC(=O)C1COC(=C2C=CC=CC2=O)N1)(C(=O)O)C(C)CC(=O)NC1CCCCN(O)C1=O. The Kier molecular flexibility index (Phi) is 24.5. The lowest BCUT2D eigenvalue weighted by Gasteiger charge is -2.37. The van der Waals surface area contributed by atoms with E-state index < -0.39 is 53.1 Å². The van der Waals surface area contributed by atoms with Crippen molar-refractivity contribution in [3.8, 4) is 0 Å². The molecule has 2 heterocycles. The van der Waals surface area contributed by atoms with Crippen LogP contribution in [0.15, 0.2) is 35.8 Å². The lowest BCUT2D eigenvalue weighted by molar-refractivity contribution is -0.167. The predicted molar refractivity (Wildman–Crippen MR) is 236 cm³/mol. The Hall–Kier alpha value is -4.24. The van der Waals surface area contributed by atoms with E-state index in [-0.39, 0.29) is 69.0 Å². The molecule has 1 aliphatic carbocycles. The Balaban J connectivity index is 1.43. The second-order valence-electron chi connectivity index (χ2n) is 17.5. The van der Waals surface area contributed by atoms with Crippen molar-refractivity contribution in [2.75, 3.05) is 19.7 Å². The van der Waals surface area contributed by atoms with Gasteiger partial charge in [-0.3, -0.25) is 34.4 Å². The maximum atomic E-state index is 13.7. The summed E-state index contributed by atoms with van der Waals surface area (Å²) < 4.78 is 5.62. The Bertz CT molecular complexity index is 1530. The number of hydroxylamine groups is 4.